The molecule has 1 saturated heterocycles. The summed E-state index contributed by atoms with van der Waals surface area (Å²) in [6.45, 7) is 4.10. The van der Waals surface area contributed by atoms with E-state index >= 15 is 0 Å². The number of amides is 2. The molecule has 1 aliphatic rings. The molecule has 2 amide bonds. The highest BCUT2D eigenvalue weighted by atomic mass is 16.2. The summed E-state index contributed by atoms with van der Waals surface area (Å²) < 4.78 is 0. The van der Waals surface area contributed by atoms with Crippen molar-refractivity contribution in [1.82, 2.24) is 9.97 Å². The average molecular weight is 311 g/mol. The Labute approximate surface area is 135 Å². The van der Waals surface area contributed by atoms with E-state index in [-0.39, 0.29) is 6.03 Å². The maximum atomic E-state index is 12.0. The molecule has 0 saturated carbocycles. The van der Waals surface area contributed by atoms with Gasteiger partial charge in [0.05, 0.1) is 18.1 Å². The molecule has 0 bridgehead atoms. The predicted octanol–water partition coefficient (Wildman–Crippen LogP) is 3.28. The quantitative estimate of drug-likeness (QED) is 0.909. The van der Waals surface area contributed by atoms with Gasteiger partial charge in [-0.3, -0.25) is 0 Å². The molecule has 2 heterocycles. The number of hydrogen-bond donors (Lipinski definition) is 2. The van der Waals surface area contributed by atoms with Crippen LogP contribution >= 0.6 is 0 Å². The van der Waals surface area contributed by atoms with Crippen molar-refractivity contribution in [3.63, 3.8) is 0 Å². The van der Waals surface area contributed by atoms with Crippen molar-refractivity contribution in [1.29, 1.82) is 0 Å². The summed E-state index contributed by atoms with van der Waals surface area (Å²) >= 11 is 0. The molecule has 2 aromatic rings. The monoisotopic (exact) mass is 311 g/mol. The van der Waals surface area contributed by atoms with Crippen LogP contribution < -0.4 is 15.5 Å². The van der Waals surface area contributed by atoms with Crippen LogP contribution in [0.3, 0.4) is 0 Å². The molecule has 3 rings (SSSR count). The Morgan fingerprint density at radius 3 is 2.26 bits per heavy atom. The number of carbonyl (C=O) groups excluding carboxylic acids is 1. The van der Waals surface area contributed by atoms with E-state index < -0.39 is 0 Å². The van der Waals surface area contributed by atoms with Gasteiger partial charge in [0.15, 0.2) is 0 Å². The number of hydrogen-bond acceptors (Lipinski definition) is 4. The lowest BCUT2D eigenvalue weighted by molar-refractivity contribution is 0.262. The van der Waals surface area contributed by atoms with Crippen molar-refractivity contribution < 1.29 is 4.79 Å². The van der Waals surface area contributed by atoms with E-state index in [0.29, 0.717) is 5.69 Å². The number of nitrogens with zero attached hydrogens (tertiary/aromatic N) is 3. The smallest absolute Gasteiger partial charge is 0.323 e. The van der Waals surface area contributed by atoms with Crippen LogP contribution in [0, 0.1) is 0 Å². The number of rotatable bonds is 4. The van der Waals surface area contributed by atoms with Gasteiger partial charge in [0, 0.05) is 18.8 Å². The summed E-state index contributed by atoms with van der Waals surface area (Å²) in [6, 6.07) is 7.50. The van der Waals surface area contributed by atoms with Crippen LogP contribution in [0.1, 0.15) is 25.3 Å². The van der Waals surface area contributed by atoms with E-state index in [0.717, 1.165) is 31.1 Å². The van der Waals surface area contributed by atoms with Gasteiger partial charge in [0.25, 0.3) is 0 Å². The van der Waals surface area contributed by atoms with Crippen molar-refractivity contribution >= 4 is 23.4 Å². The second-order valence-corrected chi connectivity index (χ2v) is 5.60. The molecule has 120 valence electrons. The third-order valence-corrected chi connectivity index (χ3v) is 3.91. The molecule has 6 heteroatoms. The number of benzene rings is 1. The summed E-state index contributed by atoms with van der Waals surface area (Å²) in [5, 5.41) is 5.54. The Hall–Kier alpha value is -2.63. The Balaban J connectivity index is 1.56. The molecule has 0 atom stereocenters. The number of carbonyl (C=O) groups is 1. The van der Waals surface area contributed by atoms with Gasteiger partial charge in [0.1, 0.15) is 0 Å². The molecule has 2 N–H and O–H groups in total. The first-order valence-corrected chi connectivity index (χ1v) is 7.98. The second kappa shape index (κ2) is 7.09. The van der Waals surface area contributed by atoms with Crippen LogP contribution in [0.4, 0.5) is 22.1 Å². The topological polar surface area (TPSA) is 70.2 Å². The standard InChI is InChI=1S/C17H21N5O/c1-2-13-5-7-14(8-6-13)20-17(23)21-15-11-18-16(19-12-15)22-9-3-4-10-22/h5-8,11-12H,2-4,9-10H2,1H3,(H2,20,21,23). The number of aromatic nitrogens is 2. The van der Waals surface area contributed by atoms with Crippen LogP contribution in [-0.2, 0) is 6.42 Å². The van der Waals surface area contributed by atoms with Gasteiger partial charge < -0.3 is 15.5 Å². The fourth-order valence-corrected chi connectivity index (χ4v) is 2.58. The minimum Gasteiger partial charge on any atom is -0.341 e. The van der Waals surface area contributed by atoms with E-state index in [4.69, 9.17) is 0 Å². The minimum absolute atomic E-state index is 0.299. The third-order valence-electron chi connectivity index (χ3n) is 3.91. The van der Waals surface area contributed by atoms with E-state index in [1.807, 2.05) is 24.3 Å². The largest absolute Gasteiger partial charge is 0.341 e. The average Bonchev–Trinajstić information content (AvgIpc) is 3.11. The van der Waals surface area contributed by atoms with Crippen LogP contribution in [0.15, 0.2) is 36.7 Å². The molecule has 6 nitrogen and oxygen atoms in total. The molecule has 1 aromatic carbocycles. The minimum atomic E-state index is -0.299. The van der Waals surface area contributed by atoms with Crippen LogP contribution in [0.5, 0.6) is 0 Å². The van der Waals surface area contributed by atoms with E-state index in [9.17, 15) is 4.79 Å². The summed E-state index contributed by atoms with van der Waals surface area (Å²) in [5.74, 6) is 0.726. The molecule has 1 aliphatic heterocycles. The Kier molecular flexibility index (Phi) is 4.71. The zero-order chi connectivity index (χ0) is 16.1. The van der Waals surface area contributed by atoms with E-state index in [2.05, 4.69) is 32.4 Å². The van der Waals surface area contributed by atoms with Gasteiger partial charge in [-0.2, -0.15) is 0 Å². The highest BCUT2D eigenvalue weighted by molar-refractivity contribution is 5.99. The zero-order valence-electron chi connectivity index (χ0n) is 13.2. The first-order chi connectivity index (χ1) is 11.2. The molecule has 0 aliphatic carbocycles. The van der Waals surface area contributed by atoms with E-state index in [1.165, 1.54) is 18.4 Å². The Morgan fingerprint density at radius 2 is 1.65 bits per heavy atom. The highest BCUT2D eigenvalue weighted by Gasteiger charge is 2.14. The summed E-state index contributed by atoms with van der Waals surface area (Å²) in [6.07, 6.45) is 6.62. The van der Waals surface area contributed by atoms with Crippen LogP contribution in [0.2, 0.25) is 0 Å². The molecular formula is C17H21N5O. The molecule has 0 unspecified atom stereocenters. The maximum absolute atomic E-state index is 12.0. The number of anilines is 3. The van der Waals surface area contributed by atoms with Crippen molar-refractivity contribution in [2.45, 2.75) is 26.2 Å². The third kappa shape index (κ3) is 3.97. The molecule has 0 spiro atoms. The molecule has 0 radical (unpaired) electrons. The first-order valence-electron chi connectivity index (χ1n) is 7.98. The van der Waals surface area contributed by atoms with Crippen molar-refractivity contribution in [2.75, 3.05) is 28.6 Å². The lowest BCUT2D eigenvalue weighted by atomic mass is 10.1. The summed E-state index contributed by atoms with van der Waals surface area (Å²) in [4.78, 5) is 22.8. The zero-order valence-corrected chi connectivity index (χ0v) is 13.2. The number of aryl methyl sites for hydroxylation is 1. The molecular weight excluding hydrogens is 290 g/mol. The normalized spacial score (nSPS) is 13.9. The fraction of sp³-hybridized carbons (Fsp3) is 0.353. The second-order valence-electron chi connectivity index (χ2n) is 5.60. The van der Waals surface area contributed by atoms with Gasteiger partial charge in [-0.05, 0) is 37.0 Å². The number of nitrogens with one attached hydrogen (secondary N) is 2. The number of urea groups is 1. The highest BCUT2D eigenvalue weighted by Crippen LogP contribution is 2.16. The van der Waals surface area contributed by atoms with Gasteiger partial charge in [-0.25, -0.2) is 14.8 Å². The predicted molar refractivity (Wildman–Crippen MR) is 91.9 cm³/mol. The molecule has 23 heavy (non-hydrogen) atoms. The Bertz CT molecular complexity index is 648. The van der Waals surface area contributed by atoms with Crippen molar-refractivity contribution in [3.8, 4) is 0 Å². The van der Waals surface area contributed by atoms with Gasteiger partial charge in [-0.15, -0.1) is 0 Å². The first kappa shape index (κ1) is 15.3. The van der Waals surface area contributed by atoms with E-state index in [1.54, 1.807) is 12.4 Å². The van der Waals surface area contributed by atoms with Crippen LogP contribution in [0.25, 0.3) is 0 Å². The van der Waals surface area contributed by atoms with Crippen molar-refractivity contribution in [3.05, 3.63) is 42.2 Å². The van der Waals surface area contributed by atoms with Gasteiger partial charge in [0.2, 0.25) is 5.95 Å². The maximum Gasteiger partial charge on any atom is 0.323 e. The Morgan fingerprint density at radius 1 is 1.04 bits per heavy atom. The lowest BCUT2D eigenvalue weighted by Crippen LogP contribution is -2.22. The van der Waals surface area contributed by atoms with Crippen molar-refractivity contribution in [2.24, 2.45) is 0 Å². The SMILES string of the molecule is CCc1ccc(NC(=O)Nc2cnc(N3CCCC3)nc2)cc1. The van der Waals surface area contributed by atoms with Gasteiger partial charge in [-0.1, -0.05) is 19.1 Å². The summed E-state index contributed by atoms with van der Waals surface area (Å²) in [7, 11) is 0. The molecule has 1 fully saturated rings. The van der Waals surface area contributed by atoms with Crippen LogP contribution in [-0.4, -0.2) is 29.1 Å². The lowest BCUT2D eigenvalue weighted by Gasteiger charge is -2.14. The summed E-state index contributed by atoms with van der Waals surface area (Å²) in [5.41, 5.74) is 2.58. The fourth-order valence-electron chi connectivity index (χ4n) is 2.58. The van der Waals surface area contributed by atoms with Gasteiger partial charge >= 0.3 is 6.03 Å². The molecule has 1 aromatic heterocycles.